The fraction of sp³-hybridized carbons (Fsp3) is 0.400. The molecule has 0 fully saturated rings. The van der Waals surface area contributed by atoms with Gasteiger partial charge in [0.2, 0.25) is 0 Å². The van der Waals surface area contributed by atoms with Gasteiger partial charge in [-0.3, -0.25) is 9.59 Å². The number of fused-ring (bicyclic) bond motifs is 2. The highest BCUT2D eigenvalue weighted by Crippen LogP contribution is 2.38. The highest BCUT2D eigenvalue weighted by Gasteiger charge is 2.31. The summed E-state index contributed by atoms with van der Waals surface area (Å²) in [6, 6.07) is 11.1. The first kappa shape index (κ1) is 33.2. The molecule has 2 N–H and O–H groups in total. The number of hydrogen-bond donors (Lipinski definition) is 2. The lowest BCUT2D eigenvalue weighted by atomic mass is 9.98. The number of carbonyl (C=O) groups is 3. The second-order valence-corrected chi connectivity index (χ2v) is 13.8. The molecule has 252 valence electrons. The minimum atomic E-state index is -0.602. The van der Waals surface area contributed by atoms with Crippen LogP contribution in [0.3, 0.4) is 0 Å². The molecule has 0 bridgehead atoms. The molecule has 6 rings (SSSR count). The maximum absolute atomic E-state index is 13.6. The van der Waals surface area contributed by atoms with Crippen molar-refractivity contribution in [3.05, 3.63) is 81.4 Å². The molecule has 0 saturated heterocycles. The molecule has 2 aromatic carbocycles. The highest BCUT2D eigenvalue weighted by molar-refractivity contribution is 6.36. The van der Waals surface area contributed by atoms with Gasteiger partial charge in [0.1, 0.15) is 5.60 Å². The normalized spacial score (nSPS) is 14.7. The summed E-state index contributed by atoms with van der Waals surface area (Å²) >= 11 is 6.92. The number of carbonyl (C=O) groups excluding carboxylic acids is 3. The first-order valence-corrected chi connectivity index (χ1v) is 16.4. The molecule has 12 nitrogen and oxygen atoms in total. The number of nitrogens with zero attached hydrogens (tertiary/aromatic N) is 6. The van der Waals surface area contributed by atoms with Gasteiger partial charge in [0.25, 0.3) is 11.8 Å². The number of benzene rings is 2. The average molecular weight is 673 g/mol. The van der Waals surface area contributed by atoms with Gasteiger partial charge in [-0.05, 0) is 58.0 Å². The fourth-order valence-electron chi connectivity index (χ4n) is 6.33. The summed E-state index contributed by atoms with van der Waals surface area (Å²) in [6.07, 6.45) is 0.994. The Morgan fingerprint density at radius 1 is 0.792 bits per heavy atom. The topological polar surface area (TPSA) is 127 Å². The van der Waals surface area contributed by atoms with E-state index in [9.17, 15) is 14.4 Å². The van der Waals surface area contributed by atoms with Gasteiger partial charge < -0.3 is 34.3 Å². The van der Waals surface area contributed by atoms with E-state index in [4.69, 9.17) is 16.3 Å². The van der Waals surface area contributed by atoms with Crippen LogP contribution in [0.4, 0.5) is 16.2 Å². The van der Waals surface area contributed by atoms with E-state index in [1.807, 2.05) is 83.7 Å². The van der Waals surface area contributed by atoms with Gasteiger partial charge in [0.15, 0.2) is 11.6 Å². The van der Waals surface area contributed by atoms with Crippen molar-refractivity contribution in [1.82, 2.24) is 28.9 Å². The third-order valence-corrected chi connectivity index (χ3v) is 9.29. The van der Waals surface area contributed by atoms with Crippen LogP contribution in [-0.2, 0) is 44.8 Å². The molecule has 2 aliphatic heterocycles. The Morgan fingerprint density at radius 3 is 1.96 bits per heavy atom. The zero-order valence-electron chi connectivity index (χ0n) is 28.4. The van der Waals surface area contributed by atoms with E-state index in [2.05, 4.69) is 25.5 Å². The van der Waals surface area contributed by atoms with Gasteiger partial charge in [-0.1, -0.05) is 35.9 Å². The second-order valence-electron chi connectivity index (χ2n) is 13.5. The Hall–Kier alpha value is -4.68. The molecule has 4 heterocycles. The zero-order valence-corrected chi connectivity index (χ0v) is 29.2. The maximum atomic E-state index is 13.6. The lowest BCUT2D eigenvalue weighted by molar-refractivity contribution is 0.0220. The van der Waals surface area contributed by atoms with Crippen molar-refractivity contribution in [3.63, 3.8) is 0 Å². The third kappa shape index (κ3) is 6.42. The van der Waals surface area contributed by atoms with Crippen molar-refractivity contribution in [2.45, 2.75) is 59.2 Å². The van der Waals surface area contributed by atoms with Crippen molar-refractivity contribution in [1.29, 1.82) is 0 Å². The van der Waals surface area contributed by atoms with Crippen LogP contribution in [0.5, 0.6) is 0 Å². The van der Waals surface area contributed by atoms with E-state index in [1.165, 1.54) is 0 Å². The highest BCUT2D eigenvalue weighted by atomic mass is 35.5. The molecule has 0 radical (unpaired) electrons. The number of amides is 3. The van der Waals surface area contributed by atoms with E-state index >= 15 is 0 Å². The summed E-state index contributed by atoms with van der Waals surface area (Å²) in [5.41, 5.74) is 6.34. The molecule has 2 aromatic heterocycles. The molecule has 2 aliphatic rings. The van der Waals surface area contributed by atoms with Gasteiger partial charge in [-0.25, -0.2) is 14.8 Å². The van der Waals surface area contributed by atoms with Crippen LogP contribution in [0.25, 0.3) is 11.1 Å². The number of aromatic nitrogens is 4. The monoisotopic (exact) mass is 672 g/mol. The van der Waals surface area contributed by atoms with Gasteiger partial charge >= 0.3 is 6.09 Å². The van der Waals surface area contributed by atoms with Crippen LogP contribution in [0.2, 0.25) is 5.02 Å². The largest absolute Gasteiger partial charge is 0.444 e. The van der Waals surface area contributed by atoms with Crippen molar-refractivity contribution in [3.8, 4) is 11.1 Å². The number of nitrogens with one attached hydrogen (secondary N) is 2. The summed E-state index contributed by atoms with van der Waals surface area (Å²) in [7, 11) is 5.72. The minimum Gasteiger partial charge on any atom is -0.444 e. The number of hydrogen-bond acceptors (Lipinski definition) is 7. The number of rotatable bonds is 5. The lowest BCUT2D eigenvalue weighted by Crippen LogP contribution is -2.40. The summed E-state index contributed by atoms with van der Waals surface area (Å²) in [4.78, 5) is 52.6. The molecule has 48 heavy (non-hydrogen) atoms. The number of halogens is 1. The van der Waals surface area contributed by atoms with Crippen LogP contribution < -0.4 is 10.6 Å². The Morgan fingerprint density at radius 2 is 1.33 bits per heavy atom. The summed E-state index contributed by atoms with van der Waals surface area (Å²) in [6.45, 7) is 9.76. The molecule has 13 heteroatoms. The summed E-state index contributed by atoms with van der Waals surface area (Å²) in [5.74, 6) is -0.113. The summed E-state index contributed by atoms with van der Waals surface area (Å²) in [5, 5.41) is 6.35. The van der Waals surface area contributed by atoms with Crippen LogP contribution in [0, 0.1) is 6.92 Å². The Bertz CT molecular complexity index is 1940. The lowest BCUT2D eigenvalue weighted by Gasteiger charge is -2.29. The Labute approximate surface area is 285 Å². The predicted molar refractivity (Wildman–Crippen MR) is 184 cm³/mol. The second kappa shape index (κ2) is 12.7. The first-order valence-electron chi connectivity index (χ1n) is 16.0. The van der Waals surface area contributed by atoms with E-state index in [-0.39, 0.29) is 24.2 Å². The molecule has 0 aliphatic carbocycles. The molecule has 0 saturated carbocycles. The minimum absolute atomic E-state index is 0.251. The fourth-order valence-corrected chi connectivity index (χ4v) is 6.61. The zero-order chi connectivity index (χ0) is 34.5. The number of anilines is 2. The molecule has 4 aromatic rings. The van der Waals surface area contributed by atoms with Crippen LogP contribution in [0.15, 0.2) is 36.4 Å². The molecule has 0 spiro atoms. The Kier molecular flexibility index (Phi) is 8.82. The first-order chi connectivity index (χ1) is 22.7. The average Bonchev–Trinajstić information content (AvgIpc) is 3.54. The van der Waals surface area contributed by atoms with Gasteiger partial charge in [0, 0.05) is 69.2 Å². The quantitative estimate of drug-likeness (QED) is 0.284. The molecular formula is C35H41ClN8O4. The van der Waals surface area contributed by atoms with E-state index in [0.717, 1.165) is 41.2 Å². The number of ether oxygens (including phenoxy) is 1. The standard InChI is InChI=1S/C35H41ClN8O4/c1-20-21(22-11-9-13-24(29(22)36)40-33(46)31-37-25-18-41(5)16-14-27(25)42(31)6)10-8-12-23(20)39-32(45)30-38-26-19-44(17-15-28(26)43(30)7)34(47)48-35(2,3)4/h8-13H,14-19H2,1-7H3,(H,39,45)(H,40,46). The van der Waals surface area contributed by atoms with Crippen LogP contribution >= 0.6 is 11.6 Å². The van der Waals surface area contributed by atoms with Crippen molar-refractivity contribution in [2.24, 2.45) is 14.1 Å². The van der Waals surface area contributed by atoms with Crippen LogP contribution in [0.1, 0.15) is 70.3 Å². The predicted octanol–water partition coefficient (Wildman–Crippen LogP) is 5.57. The third-order valence-electron chi connectivity index (χ3n) is 8.88. The maximum Gasteiger partial charge on any atom is 0.410 e. The van der Waals surface area contributed by atoms with Gasteiger partial charge in [-0.15, -0.1) is 0 Å². The summed E-state index contributed by atoms with van der Waals surface area (Å²) < 4.78 is 9.18. The SMILES string of the molecule is Cc1c(NC(=O)c2nc3c(n2C)CCN(C(=O)OC(C)(C)C)C3)cccc1-c1cccc(NC(=O)c2nc3c(n2C)CCN(C)C3)c1Cl. The number of imidazole rings is 2. The van der Waals surface area contributed by atoms with E-state index < -0.39 is 11.7 Å². The molecule has 0 atom stereocenters. The number of likely N-dealkylation sites (N-methyl/N-ethyl adjacent to an activating group) is 1. The van der Waals surface area contributed by atoms with Crippen molar-refractivity contribution < 1.29 is 19.1 Å². The van der Waals surface area contributed by atoms with E-state index in [0.29, 0.717) is 53.0 Å². The van der Waals surface area contributed by atoms with Gasteiger partial charge in [0.05, 0.1) is 28.6 Å². The van der Waals surface area contributed by atoms with Crippen molar-refractivity contribution in [2.75, 3.05) is 30.8 Å². The molecule has 3 amide bonds. The van der Waals surface area contributed by atoms with E-state index in [1.54, 1.807) is 15.5 Å². The van der Waals surface area contributed by atoms with Gasteiger partial charge in [-0.2, -0.15) is 0 Å². The smallest absolute Gasteiger partial charge is 0.410 e. The van der Waals surface area contributed by atoms with Crippen molar-refractivity contribution >= 4 is 40.9 Å². The molecule has 0 unspecified atom stereocenters. The molecular weight excluding hydrogens is 632 g/mol. The van der Waals surface area contributed by atoms with Crippen LogP contribution in [-0.4, -0.2) is 72.5 Å². The Balaban J connectivity index is 1.20.